The highest BCUT2D eigenvalue weighted by Gasteiger charge is 2.34. The first-order valence-electron chi connectivity index (χ1n) is 10.0. The van der Waals surface area contributed by atoms with Crippen molar-refractivity contribution in [1.82, 2.24) is 4.90 Å². The van der Waals surface area contributed by atoms with Crippen LogP contribution in [-0.2, 0) is 6.42 Å². The number of rotatable bonds is 5. The molecule has 3 aliphatic heterocycles. The molecule has 29 heavy (non-hydrogen) atoms. The molecule has 0 radical (unpaired) electrons. The average molecular weight is 458 g/mol. The van der Waals surface area contributed by atoms with E-state index in [-0.39, 0.29) is 6.04 Å². The zero-order chi connectivity index (χ0) is 20.0. The summed E-state index contributed by atoms with van der Waals surface area (Å²) in [5.74, 6) is 3.35. The van der Waals surface area contributed by atoms with Gasteiger partial charge in [0.1, 0.15) is 0 Å². The third-order valence-corrected chi connectivity index (χ3v) is 6.48. The van der Waals surface area contributed by atoms with E-state index in [9.17, 15) is 0 Å². The molecular formula is C23H24BrNO4. The van der Waals surface area contributed by atoms with Crippen molar-refractivity contribution in [2.24, 2.45) is 0 Å². The first-order valence-corrected chi connectivity index (χ1v) is 11.1. The molecule has 3 heterocycles. The summed E-state index contributed by atoms with van der Waals surface area (Å²) in [5.41, 5.74) is 6.17. The molecule has 3 aliphatic rings. The molecule has 0 N–H and O–H groups in total. The fourth-order valence-corrected chi connectivity index (χ4v) is 4.73. The summed E-state index contributed by atoms with van der Waals surface area (Å²) >= 11 is 3.48. The maximum absolute atomic E-state index is 6.20. The number of benzene rings is 2. The molecule has 5 rings (SSSR count). The zero-order valence-electron chi connectivity index (χ0n) is 16.7. The van der Waals surface area contributed by atoms with Crippen LogP contribution >= 0.6 is 15.9 Å². The van der Waals surface area contributed by atoms with Crippen molar-refractivity contribution in [3.05, 3.63) is 46.5 Å². The second kappa shape index (κ2) is 7.48. The molecule has 6 heteroatoms. The molecule has 0 aliphatic carbocycles. The van der Waals surface area contributed by atoms with Crippen LogP contribution in [-0.4, -0.2) is 37.3 Å². The van der Waals surface area contributed by atoms with Gasteiger partial charge in [0.05, 0.1) is 19.8 Å². The Labute approximate surface area is 179 Å². The topological polar surface area (TPSA) is 40.2 Å². The lowest BCUT2D eigenvalue weighted by Gasteiger charge is -2.42. The van der Waals surface area contributed by atoms with E-state index in [2.05, 4.69) is 52.0 Å². The van der Waals surface area contributed by atoms with E-state index in [1.54, 1.807) is 7.11 Å². The summed E-state index contributed by atoms with van der Waals surface area (Å²) in [6.45, 7) is 4.17. The molecule has 2 aromatic rings. The lowest BCUT2D eigenvalue weighted by molar-refractivity contribution is 0.174. The van der Waals surface area contributed by atoms with E-state index in [1.807, 2.05) is 6.07 Å². The van der Waals surface area contributed by atoms with Crippen molar-refractivity contribution in [1.29, 1.82) is 0 Å². The molecule has 0 saturated heterocycles. The van der Waals surface area contributed by atoms with Gasteiger partial charge in [-0.3, -0.25) is 0 Å². The Morgan fingerprint density at radius 2 is 2.03 bits per heavy atom. The lowest BCUT2D eigenvalue weighted by atomic mass is 9.86. The summed E-state index contributed by atoms with van der Waals surface area (Å²) in [5, 5.41) is 0.920. The Morgan fingerprint density at radius 1 is 1.21 bits per heavy atom. The number of hydrogen-bond acceptors (Lipinski definition) is 5. The van der Waals surface area contributed by atoms with Crippen molar-refractivity contribution < 1.29 is 18.9 Å². The second-order valence-corrected chi connectivity index (χ2v) is 8.30. The Kier molecular flexibility index (Phi) is 4.82. The number of halogens is 1. The van der Waals surface area contributed by atoms with Gasteiger partial charge in [-0.15, -0.1) is 0 Å². The maximum Gasteiger partial charge on any atom is 0.231 e. The van der Waals surface area contributed by atoms with Crippen LogP contribution in [0.1, 0.15) is 41.6 Å². The van der Waals surface area contributed by atoms with Crippen LogP contribution < -0.4 is 18.9 Å². The van der Waals surface area contributed by atoms with E-state index in [0.29, 0.717) is 13.4 Å². The minimum absolute atomic E-state index is 0.192. The van der Waals surface area contributed by atoms with E-state index in [0.717, 1.165) is 47.7 Å². The lowest BCUT2D eigenvalue weighted by Crippen LogP contribution is -2.34. The normalized spacial score (nSPS) is 18.5. The van der Waals surface area contributed by atoms with Crippen LogP contribution in [0.5, 0.6) is 23.0 Å². The second-order valence-electron chi connectivity index (χ2n) is 7.50. The van der Waals surface area contributed by atoms with Crippen LogP contribution in [0, 0.1) is 0 Å². The Morgan fingerprint density at radius 3 is 2.83 bits per heavy atom. The van der Waals surface area contributed by atoms with Crippen molar-refractivity contribution in [2.45, 2.75) is 25.8 Å². The number of hydrogen-bond donors (Lipinski definition) is 0. The number of nitrogens with zero attached hydrogens (tertiary/aromatic N) is 1. The highest BCUT2D eigenvalue weighted by atomic mass is 79.9. The molecule has 0 amide bonds. The molecule has 152 valence electrons. The van der Waals surface area contributed by atoms with E-state index in [1.165, 1.54) is 28.0 Å². The van der Waals surface area contributed by atoms with Crippen LogP contribution in [0.15, 0.2) is 24.3 Å². The van der Waals surface area contributed by atoms with Crippen molar-refractivity contribution >= 4 is 27.7 Å². The smallest absolute Gasteiger partial charge is 0.231 e. The van der Waals surface area contributed by atoms with Gasteiger partial charge in [0.25, 0.3) is 0 Å². The Balaban J connectivity index is 1.61. The predicted molar refractivity (Wildman–Crippen MR) is 116 cm³/mol. The van der Waals surface area contributed by atoms with E-state index in [4.69, 9.17) is 18.9 Å². The summed E-state index contributed by atoms with van der Waals surface area (Å²) < 4.78 is 23.0. The SMILES string of the molecule is COc1ccc2c(c1OCCCBr)C(C)N1CCc3cc4c(cc3C1=C2)OCO4. The highest BCUT2D eigenvalue weighted by molar-refractivity contribution is 9.09. The molecule has 0 spiro atoms. The largest absolute Gasteiger partial charge is 0.493 e. The molecule has 0 fully saturated rings. The third kappa shape index (κ3) is 3.05. The molecule has 0 saturated carbocycles. The fraction of sp³-hybridized carbons (Fsp3) is 0.391. The maximum atomic E-state index is 6.20. The first-order chi connectivity index (χ1) is 14.2. The molecule has 0 aromatic heterocycles. The fourth-order valence-electron chi connectivity index (χ4n) is 4.50. The summed E-state index contributed by atoms with van der Waals surface area (Å²) in [4.78, 5) is 2.46. The molecule has 1 unspecified atom stereocenters. The van der Waals surface area contributed by atoms with Gasteiger partial charge in [0.2, 0.25) is 6.79 Å². The van der Waals surface area contributed by atoms with Gasteiger partial charge >= 0.3 is 0 Å². The Hall–Kier alpha value is -2.34. The van der Waals surface area contributed by atoms with Crippen LogP contribution in [0.3, 0.4) is 0 Å². The minimum Gasteiger partial charge on any atom is -0.493 e. The van der Waals surface area contributed by atoms with E-state index < -0.39 is 0 Å². The highest BCUT2D eigenvalue weighted by Crippen LogP contribution is 2.49. The molecule has 0 bridgehead atoms. The monoisotopic (exact) mass is 457 g/mol. The van der Waals surface area contributed by atoms with Crippen LogP contribution in [0.4, 0.5) is 0 Å². The summed E-state index contributed by atoms with van der Waals surface area (Å²) in [6, 6.07) is 8.60. The first kappa shape index (κ1) is 18.7. The van der Waals surface area contributed by atoms with Crippen LogP contribution in [0.2, 0.25) is 0 Å². The van der Waals surface area contributed by atoms with Gasteiger partial charge in [-0.05, 0) is 55.2 Å². The molecule has 1 atom stereocenters. The number of ether oxygens (including phenoxy) is 4. The standard InChI is InChI=1S/C23H24BrNO4/c1-14-22-16(4-5-19(26-2)23(22)27-9-3-7-24)10-18-17-12-21-20(28-13-29-21)11-15(17)6-8-25(14)18/h4-5,10-12,14H,3,6-9,13H2,1-2H3. The number of fused-ring (bicyclic) bond motifs is 5. The Bertz CT molecular complexity index is 987. The molecular weight excluding hydrogens is 434 g/mol. The third-order valence-electron chi connectivity index (χ3n) is 5.92. The van der Waals surface area contributed by atoms with Gasteiger partial charge in [0, 0.05) is 28.7 Å². The summed E-state index contributed by atoms with van der Waals surface area (Å²) in [6.07, 6.45) is 4.20. The summed E-state index contributed by atoms with van der Waals surface area (Å²) in [7, 11) is 1.70. The molecule has 5 nitrogen and oxygen atoms in total. The van der Waals surface area contributed by atoms with Gasteiger partial charge < -0.3 is 23.8 Å². The average Bonchev–Trinajstić information content (AvgIpc) is 3.20. The minimum atomic E-state index is 0.192. The van der Waals surface area contributed by atoms with Crippen molar-refractivity contribution in [3.8, 4) is 23.0 Å². The van der Waals surface area contributed by atoms with Gasteiger partial charge in [-0.2, -0.15) is 0 Å². The van der Waals surface area contributed by atoms with E-state index >= 15 is 0 Å². The van der Waals surface area contributed by atoms with Crippen molar-refractivity contribution in [2.75, 3.05) is 32.4 Å². The van der Waals surface area contributed by atoms with Gasteiger partial charge in [-0.25, -0.2) is 0 Å². The van der Waals surface area contributed by atoms with Crippen molar-refractivity contribution in [3.63, 3.8) is 0 Å². The number of methoxy groups -OCH3 is 1. The zero-order valence-corrected chi connectivity index (χ0v) is 18.3. The molecule has 2 aromatic carbocycles. The van der Waals surface area contributed by atoms with Gasteiger partial charge in [0.15, 0.2) is 23.0 Å². The predicted octanol–water partition coefficient (Wildman–Crippen LogP) is 5.02. The van der Waals surface area contributed by atoms with Gasteiger partial charge in [-0.1, -0.05) is 22.0 Å². The number of alkyl halides is 1. The van der Waals surface area contributed by atoms with Crippen LogP contribution in [0.25, 0.3) is 11.8 Å². The quantitative estimate of drug-likeness (QED) is 0.465.